The Morgan fingerprint density at radius 1 is 1.22 bits per heavy atom. The molecule has 6 heteroatoms. The Balaban J connectivity index is 1.95. The molecule has 0 spiro atoms. The van der Waals surface area contributed by atoms with Crippen LogP contribution < -0.4 is 10.6 Å². The largest absolute Gasteiger partial charge is 0.406 e. The van der Waals surface area contributed by atoms with E-state index in [-0.39, 0.29) is 0 Å². The van der Waals surface area contributed by atoms with Gasteiger partial charge in [0.15, 0.2) is 0 Å². The van der Waals surface area contributed by atoms with Crippen LogP contribution in [0.2, 0.25) is 0 Å². The van der Waals surface area contributed by atoms with Crippen LogP contribution in [0, 0.1) is 3.57 Å². The number of anilines is 2. The fourth-order valence-electron chi connectivity index (χ4n) is 1.32. The normalized spacial score (nSPS) is 10.9. The predicted molar refractivity (Wildman–Crippen MR) is 78.7 cm³/mol. The molecule has 2 aromatic rings. The number of aromatic nitrogens is 2. The summed E-state index contributed by atoms with van der Waals surface area (Å²) < 4.78 is 6.66. The van der Waals surface area contributed by atoms with E-state index in [0.29, 0.717) is 24.5 Å². The Morgan fingerprint density at radius 2 is 1.94 bits per heavy atom. The number of hydrogen-bond donors (Lipinski definition) is 2. The Labute approximate surface area is 120 Å². The zero-order chi connectivity index (χ0) is 13.0. The molecule has 0 aliphatic carbocycles. The van der Waals surface area contributed by atoms with Crippen molar-refractivity contribution in [2.75, 3.05) is 5.32 Å². The number of nitrogens with zero attached hydrogens (tertiary/aromatic N) is 2. The van der Waals surface area contributed by atoms with Gasteiger partial charge in [-0.15, -0.1) is 5.10 Å². The monoisotopic (exact) mass is 358 g/mol. The lowest BCUT2D eigenvalue weighted by atomic mass is 10.3. The van der Waals surface area contributed by atoms with Crippen LogP contribution in [0.1, 0.15) is 19.7 Å². The lowest BCUT2D eigenvalue weighted by molar-refractivity contribution is 0.460. The quantitative estimate of drug-likeness (QED) is 0.805. The molecule has 0 saturated carbocycles. The molecule has 0 atom stereocenters. The molecule has 0 fully saturated rings. The van der Waals surface area contributed by atoms with Gasteiger partial charge in [-0.2, -0.15) is 0 Å². The van der Waals surface area contributed by atoms with Crippen molar-refractivity contribution in [3.05, 3.63) is 33.7 Å². The summed E-state index contributed by atoms with van der Waals surface area (Å²) in [5.74, 6) is 0.580. The summed E-state index contributed by atoms with van der Waals surface area (Å²) in [4.78, 5) is 0. The summed E-state index contributed by atoms with van der Waals surface area (Å²) in [5, 5.41) is 14.2. The first kappa shape index (κ1) is 13.3. The van der Waals surface area contributed by atoms with Gasteiger partial charge in [-0.25, -0.2) is 0 Å². The first-order valence-electron chi connectivity index (χ1n) is 5.72. The third-order valence-corrected chi connectivity index (χ3v) is 2.94. The van der Waals surface area contributed by atoms with E-state index in [1.807, 2.05) is 24.3 Å². The molecule has 0 radical (unpaired) electrons. The summed E-state index contributed by atoms with van der Waals surface area (Å²) in [6.45, 7) is 4.72. The Hall–Kier alpha value is -1.15. The third kappa shape index (κ3) is 3.95. The molecule has 0 aliphatic rings. The lowest BCUT2D eigenvalue weighted by Gasteiger charge is -2.03. The van der Waals surface area contributed by atoms with Gasteiger partial charge in [-0.3, -0.25) is 0 Å². The molecule has 0 aliphatic heterocycles. The molecule has 0 bridgehead atoms. The van der Waals surface area contributed by atoms with Crippen LogP contribution in [-0.4, -0.2) is 16.2 Å². The van der Waals surface area contributed by atoms with Gasteiger partial charge < -0.3 is 15.1 Å². The molecule has 0 unspecified atom stereocenters. The number of benzene rings is 1. The third-order valence-electron chi connectivity index (χ3n) is 2.22. The topological polar surface area (TPSA) is 63.0 Å². The highest BCUT2D eigenvalue weighted by Gasteiger charge is 2.06. The van der Waals surface area contributed by atoms with Crippen LogP contribution in [0.3, 0.4) is 0 Å². The van der Waals surface area contributed by atoms with E-state index in [1.165, 1.54) is 3.57 Å². The number of nitrogens with one attached hydrogen (secondary N) is 2. The van der Waals surface area contributed by atoms with E-state index in [1.54, 1.807) is 0 Å². The van der Waals surface area contributed by atoms with Crippen LogP contribution in [0.15, 0.2) is 28.7 Å². The van der Waals surface area contributed by atoms with Gasteiger partial charge in [0, 0.05) is 15.3 Å². The number of rotatable bonds is 5. The van der Waals surface area contributed by atoms with Gasteiger partial charge in [0.2, 0.25) is 5.89 Å². The summed E-state index contributed by atoms with van der Waals surface area (Å²) >= 11 is 2.26. The lowest BCUT2D eigenvalue weighted by Crippen LogP contribution is -2.21. The van der Waals surface area contributed by atoms with Crippen LogP contribution in [0.4, 0.5) is 11.7 Å². The van der Waals surface area contributed by atoms with Crippen LogP contribution in [-0.2, 0) is 6.54 Å². The molecule has 2 N–H and O–H groups in total. The molecular formula is C12H15IN4O. The molecule has 0 saturated heterocycles. The molecule has 2 rings (SSSR count). The summed E-state index contributed by atoms with van der Waals surface area (Å²) in [6, 6.07) is 8.78. The highest BCUT2D eigenvalue weighted by Crippen LogP contribution is 2.16. The van der Waals surface area contributed by atoms with Gasteiger partial charge in [0.1, 0.15) is 0 Å². The van der Waals surface area contributed by atoms with E-state index in [2.05, 4.69) is 57.3 Å². The zero-order valence-electron chi connectivity index (χ0n) is 10.3. The Bertz CT molecular complexity index is 495. The highest BCUT2D eigenvalue weighted by atomic mass is 127. The van der Waals surface area contributed by atoms with Gasteiger partial charge in [0.05, 0.1) is 6.54 Å². The fourth-order valence-corrected chi connectivity index (χ4v) is 1.68. The van der Waals surface area contributed by atoms with E-state index in [9.17, 15) is 0 Å². The molecule has 5 nitrogen and oxygen atoms in total. The van der Waals surface area contributed by atoms with Gasteiger partial charge >= 0.3 is 6.01 Å². The molecule has 0 amide bonds. The second-order valence-corrected chi connectivity index (χ2v) is 5.41. The molecular weight excluding hydrogens is 343 g/mol. The summed E-state index contributed by atoms with van der Waals surface area (Å²) in [5.41, 5.74) is 0.933. The van der Waals surface area contributed by atoms with Crippen molar-refractivity contribution >= 4 is 34.3 Å². The van der Waals surface area contributed by atoms with Crippen LogP contribution >= 0.6 is 22.6 Å². The standard InChI is InChI=1S/C12H15IN4O/c1-8(2)14-7-11-16-17-12(18-11)15-10-5-3-9(13)4-6-10/h3-6,8,14H,7H2,1-2H3,(H,15,17). The maximum Gasteiger partial charge on any atom is 0.320 e. The van der Waals surface area contributed by atoms with E-state index >= 15 is 0 Å². The number of halogens is 1. The highest BCUT2D eigenvalue weighted by molar-refractivity contribution is 14.1. The van der Waals surface area contributed by atoms with Crippen molar-refractivity contribution in [1.29, 1.82) is 0 Å². The van der Waals surface area contributed by atoms with Gasteiger partial charge in [-0.05, 0) is 46.9 Å². The minimum atomic E-state index is 0.393. The van der Waals surface area contributed by atoms with Crippen molar-refractivity contribution in [3.63, 3.8) is 0 Å². The van der Waals surface area contributed by atoms with Crippen LogP contribution in [0.5, 0.6) is 0 Å². The average Bonchev–Trinajstić information content (AvgIpc) is 2.77. The van der Waals surface area contributed by atoms with Crippen molar-refractivity contribution in [2.24, 2.45) is 0 Å². The van der Waals surface area contributed by atoms with E-state index in [0.717, 1.165) is 5.69 Å². The Kier molecular flexibility index (Phi) is 4.54. The second-order valence-electron chi connectivity index (χ2n) is 4.17. The second kappa shape index (κ2) is 6.14. The summed E-state index contributed by atoms with van der Waals surface area (Å²) in [7, 11) is 0. The maximum absolute atomic E-state index is 5.47. The van der Waals surface area contributed by atoms with E-state index < -0.39 is 0 Å². The molecule has 1 aromatic carbocycles. The molecule has 1 heterocycles. The SMILES string of the molecule is CC(C)NCc1nnc(Nc2ccc(I)cc2)o1. The van der Waals surface area contributed by atoms with Crippen molar-refractivity contribution in [2.45, 2.75) is 26.4 Å². The molecule has 1 aromatic heterocycles. The van der Waals surface area contributed by atoms with Gasteiger partial charge in [-0.1, -0.05) is 18.9 Å². The average molecular weight is 358 g/mol. The molecule has 18 heavy (non-hydrogen) atoms. The first-order chi connectivity index (χ1) is 8.63. The smallest absolute Gasteiger partial charge is 0.320 e. The predicted octanol–water partition coefficient (Wildman–Crippen LogP) is 2.92. The number of hydrogen-bond acceptors (Lipinski definition) is 5. The van der Waals surface area contributed by atoms with Crippen molar-refractivity contribution in [1.82, 2.24) is 15.5 Å². The van der Waals surface area contributed by atoms with E-state index in [4.69, 9.17) is 4.42 Å². The van der Waals surface area contributed by atoms with Crippen molar-refractivity contribution < 1.29 is 4.42 Å². The summed E-state index contributed by atoms with van der Waals surface area (Å²) in [6.07, 6.45) is 0. The van der Waals surface area contributed by atoms with Crippen LogP contribution in [0.25, 0.3) is 0 Å². The minimum Gasteiger partial charge on any atom is -0.406 e. The minimum absolute atomic E-state index is 0.393. The fraction of sp³-hybridized carbons (Fsp3) is 0.333. The van der Waals surface area contributed by atoms with Gasteiger partial charge in [0.25, 0.3) is 0 Å². The molecule has 96 valence electrons. The maximum atomic E-state index is 5.47. The Morgan fingerprint density at radius 3 is 2.61 bits per heavy atom. The first-order valence-corrected chi connectivity index (χ1v) is 6.80. The van der Waals surface area contributed by atoms with Crippen molar-refractivity contribution in [3.8, 4) is 0 Å². The zero-order valence-corrected chi connectivity index (χ0v) is 12.4.